The number of amidine groups is 1. The molecule has 3 heterocycles. The van der Waals surface area contributed by atoms with Gasteiger partial charge in [0.05, 0.1) is 18.5 Å². The van der Waals surface area contributed by atoms with E-state index in [1.165, 1.54) is 6.20 Å². The summed E-state index contributed by atoms with van der Waals surface area (Å²) >= 11 is 0. The Morgan fingerprint density at radius 3 is 2.68 bits per heavy atom. The maximum atomic E-state index is 13.0. The molecule has 37 heavy (non-hydrogen) atoms. The van der Waals surface area contributed by atoms with Crippen LogP contribution in [-0.4, -0.2) is 95.5 Å². The fourth-order valence-electron chi connectivity index (χ4n) is 5.34. The van der Waals surface area contributed by atoms with E-state index >= 15 is 0 Å². The number of aliphatic imine (C=N–C) groups is 1. The van der Waals surface area contributed by atoms with Crippen LogP contribution in [0.2, 0.25) is 0 Å². The molecule has 0 aromatic carbocycles. The van der Waals surface area contributed by atoms with Gasteiger partial charge in [0.25, 0.3) is 5.91 Å². The summed E-state index contributed by atoms with van der Waals surface area (Å²) in [5.74, 6) is 1.64. The highest BCUT2D eigenvalue weighted by molar-refractivity contribution is 6.12. The zero-order valence-electron chi connectivity index (χ0n) is 22.2. The third-order valence-corrected chi connectivity index (χ3v) is 7.31. The molecular weight excluding hydrogens is 468 g/mol. The number of hydrogen-bond acceptors (Lipinski definition) is 8. The van der Waals surface area contributed by atoms with Crippen LogP contribution in [0.5, 0.6) is 0 Å². The monoisotopic (exact) mass is 508 g/mol. The van der Waals surface area contributed by atoms with Crippen molar-refractivity contribution in [2.45, 2.75) is 44.7 Å². The Labute approximate surface area is 219 Å². The molecule has 0 spiro atoms. The number of rotatable bonds is 8. The molecule has 2 fully saturated rings. The van der Waals surface area contributed by atoms with Crippen molar-refractivity contribution >= 4 is 23.2 Å². The fourth-order valence-corrected chi connectivity index (χ4v) is 5.34. The summed E-state index contributed by atoms with van der Waals surface area (Å²) < 4.78 is 0. The van der Waals surface area contributed by atoms with E-state index in [-0.39, 0.29) is 18.6 Å². The molecule has 1 aromatic rings. The van der Waals surface area contributed by atoms with Crippen molar-refractivity contribution in [2.24, 2.45) is 10.7 Å². The van der Waals surface area contributed by atoms with Gasteiger partial charge >= 0.3 is 0 Å². The fraction of sp³-hybridized carbons (Fsp3) is 0.519. The topological polar surface area (TPSA) is 114 Å². The molecular formula is C27H40N8O2. The maximum absolute atomic E-state index is 13.0. The van der Waals surface area contributed by atoms with Crippen molar-refractivity contribution in [2.75, 3.05) is 57.1 Å². The van der Waals surface area contributed by atoms with E-state index in [4.69, 9.17) is 10.7 Å². The van der Waals surface area contributed by atoms with Crippen LogP contribution in [-0.2, 0) is 4.79 Å². The van der Waals surface area contributed by atoms with E-state index in [0.717, 1.165) is 51.0 Å². The number of β-amino-alcohol motifs (C(OH)–C–C–N with tert-alkyl or cyclic N) is 1. The molecule has 1 saturated carbocycles. The summed E-state index contributed by atoms with van der Waals surface area (Å²) in [7, 11) is 3.50. The number of nitrogens with two attached hydrogens (primary N) is 1. The Balaban J connectivity index is 1.47. The number of amides is 1. The molecule has 1 aromatic heterocycles. The molecule has 1 atom stereocenters. The lowest BCUT2D eigenvalue weighted by Gasteiger charge is -2.40. The maximum Gasteiger partial charge on any atom is 0.270 e. The Morgan fingerprint density at radius 1 is 1.32 bits per heavy atom. The van der Waals surface area contributed by atoms with Crippen molar-refractivity contribution in [3.05, 3.63) is 54.3 Å². The summed E-state index contributed by atoms with van der Waals surface area (Å²) in [4.78, 5) is 30.6. The van der Waals surface area contributed by atoms with E-state index in [9.17, 15) is 9.90 Å². The standard InChI is InChI=1S/C27H40N8O2/c1-19-18-34(12-11-33(19)13-14-36)23-9-10-25(29-17-23)30-20(2)31-26-21(16-28)15-24(27(37)32(3)4)35(26)22-7-5-6-8-22/h9-10,15-17,19,22,36H,2,5-8,11-14,18,28H2,1,3-4H3,(H,29,30)/b21-16-,31-26+/t19-/m0/s1. The highest BCUT2D eigenvalue weighted by atomic mass is 16.3. The van der Waals surface area contributed by atoms with Crippen LogP contribution in [0.4, 0.5) is 11.5 Å². The Morgan fingerprint density at radius 2 is 2.08 bits per heavy atom. The average molecular weight is 509 g/mol. The van der Waals surface area contributed by atoms with Crippen LogP contribution in [0.3, 0.4) is 0 Å². The molecule has 10 heteroatoms. The lowest BCUT2D eigenvalue weighted by Crippen LogP contribution is -2.52. The minimum Gasteiger partial charge on any atom is -0.404 e. The normalized spacial score (nSPS) is 23.1. The van der Waals surface area contributed by atoms with Gasteiger partial charge in [0.15, 0.2) is 0 Å². The molecule has 4 N–H and O–H groups in total. The molecule has 0 radical (unpaired) electrons. The second-order valence-corrected chi connectivity index (χ2v) is 10.1. The summed E-state index contributed by atoms with van der Waals surface area (Å²) in [6.07, 6.45) is 9.45. The van der Waals surface area contributed by atoms with E-state index in [2.05, 4.69) is 33.6 Å². The van der Waals surface area contributed by atoms with Crippen LogP contribution in [0, 0.1) is 0 Å². The van der Waals surface area contributed by atoms with Crippen LogP contribution in [0.25, 0.3) is 0 Å². The molecule has 10 nitrogen and oxygen atoms in total. The highest BCUT2D eigenvalue weighted by Crippen LogP contribution is 2.34. The van der Waals surface area contributed by atoms with Gasteiger partial charge in [-0.2, -0.15) is 0 Å². The average Bonchev–Trinajstić information content (AvgIpc) is 3.53. The molecule has 0 bridgehead atoms. The molecule has 2 aliphatic heterocycles. The number of carbonyl (C=O) groups is 1. The SMILES string of the molecule is C=C(/N=C1\C(=C/N)C=C(C(=O)N(C)C)N1C1CCCC1)Nc1ccc(N2CCN(CCO)[C@@H](C)C2)cn1. The van der Waals surface area contributed by atoms with Crippen molar-refractivity contribution in [3.63, 3.8) is 0 Å². The molecule has 3 aliphatic rings. The van der Waals surface area contributed by atoms with Gasteiger partial charge in [0, 0.05) is 64.1 Å². The molecule has 1 saturated heterocycles. The number of anilines is 2. The van der Waals surface area contributed by atoms with Crippen LogP contribution in [0.15, 0.2) is 59.3 Å². The summed E-state index contributed by atoms with van der Waals surface area (Å²) in [6.45, 7) is 9.88. The van der Waals surface area contributed by atoms with Gasteiger partial charge in [0.1, 0.15) is 23.2 Å². The number of hydrogen-bond donors (Lipinski definition) is 3. The number of nitrogens with one attached hydrogen (secondary N) is 1. The predicted octanol–water partition coefficient (Wildman–Crippen LogP) is 1.94. The highest BCUT2D eigenvalue weighted by Gasteiger charge is 2.37. The van der Waals surface area contributed by atoms with Crippen LogP contribution in [0.1, 0.15) is 32.6 Å². The lowest BCUT2D eigenvalue weighted by atomic mass is 10.2. The number of aliphatic hydroxyl groups excluding tert-OH is 1. The van der Waals surface area contributed by atoms with Gasteiger partial charge in [-0.15, -0.1) is 0 Å². The largest absolute Gasteiger partial charge is 0.404 e. The minimum atomic E-state index is -0.0706. The number of piperazine rings is 1. The third-order valence-electron chi connectivity index (χ3n) is 7.31. The van der Waals surface area contributed by atoms with Gasteiger partial charge in [-0.25, -0.2) is 9.98 Å². The summed E-state index contributed by atoms with van der Waals surface area (Å²) in [5.41, 5.74) is 8.31. The predicted molar refractivity (Wildman–Crippen MR) is 148 cm³/mol. The quantitative estimate of drug-likeness (QED) is 0.488. The van der Waals surface area contributed by atoms with E-state index in [1.54, 1.807) is 19.0 Å². The summed E-state index contributed by atoms with van der Waals surface area (Å²) in [5, 5.41) is 12.4. The first-order chi connectivity index (χ1) is 17.8. The van der Waals surface area contributed by atoms with Gasteiger partial charge in [0.2, 0.25) is 0 Å². The first-order valence-corrected chi connectivity index (χ1v) is 13.1. The molecule has 0 unspecified atom stereocenters. The number of aliphatic hydroxyl groups is 1. The van der Waals surface area contributed by atoms with Crippen molar-refractivity contribution in [1.82, 2.24) is 19.7 Å². The number of nitrogens with zero attached hydrogens (tertiary/aromatic N) is 6. The molecule has 200 valence electrons. The number of pyridine rings is 1. The Kier molecular flexibility index (Phi) is 8.50. The lowest BCUT2D eigenvalue weighted by molar-refractivity contribution is -0.126. The zero-order valence-corrected chi connectivity index (χ0v) is 22.2. The molecule has 4 rings (SSSR count). The van der Waals surface area contributed by atoms with E-state index < -0.39 is 0 Å². The number of likely N-dealkylation sites (N-methyl/N-ethyl adjacent to an activating group) is 1. The molecule has 1 aliphatic carbocycles. The van der Waals surface area contributed by atoms with Crippen LogP contribution >= 0.6 is 0 Å². The van der Waals surface area contributed by atoms with Gasteiger partial charge < -0.3 is 30.9 Å². The third kappa shape index (κ3) is 5.97. The van der Waals surface area contributed by atoms with E-state index in [1.807, 2.05) is 29.3 Å². The minimum absolute atomic E-state index is 0.0706. The van der Waals surface area contributed by atoms with Gasteiger partial charge in [-0.05, 0) is 38.0 Å². The zero-order chi connectivity index (χ0) is 26.5. The van der Waals surface area contributed by atoms with Crippen LogP contribution < -0.4 is 16.0 Å². The first kappa shape index (κ1) is 26.7. The smallest absolute Gasteiger partial charge is 0.270 e. The second-order valence-electron chi connectivity index (χ2n) is 10.1. The Hall–Kier alpha value is -3.37. The Bertz CT molecular complexity index is 1070. The second kappa shape index (κ2) is 11.8. The van der Waals surface area contributed by atoms with Gasteiger partial charge in [-0.1, -0.05) is 19.4 Å². The van der Waals surface area contributed by atoms with Gasteiger partial charge in [-0.3, -0.25) is 9.69 Å². The first-order valence-electron chi connectivity index (χ1n) is 13.1. The summed E-state index contributed by atoms with van der Waals surface area (Å²) in [6, 6.07) is 4.54. The van der Waals surface area contributed by atoms with E-state index in [0.29, 0.717) is 41.3 Å². The number of aromatic nitrogens is 1. The number of carbonyl (C=O) groups excluding carboxylic acids is 1. The van der Waals surface area contributed by atoms with Crippen molar-refractivity contribution in [1.29, 1.82) is 0 Å². The molecule has 1 amide bonds. The van der Waals surface area contributed by atoms with Crippen molar-refractivity contribution < 1.29 is 9.90 Å². The van der Waals surface area contributed by atoms with Crippen molar-refractivity contribution in [3.8, 4) is 0 Å².